The summed E-state index contributed by atoms with van der Waals surface area (Å²) in [4.78, 5) is 32.1. The number of nitrogens with zero attached hydrogens (tertiary/aromatic N) is 2. The standard InChI is InChI=1S/C33H39FN4O2/c1-33(2,35)28-16-13-24(18-29(28)34)31-27(22-7-5-4-6-8-22)19-25(20-36-31)37-30(39)17-21-9-14-26(15-10-21)38(3)32(40)23-11-12-23/h4-8,13,16,18-21,23,26H,9-12,14-15,17,35H2,1-3H3,(H,37,39)/t21-,26-. The maximum Gasteiger partial charge on any atom is 0.225 e. The number of carbonyl (C=O) groups excluding carboxylic acids is 2. The van der Waals surface area contributed by atoms with E-state index >= 15 is 4.39 Å². The Hall–Kier alpha value is -3.58. The Morgan fingerprint density at radius 3 is 2.33 bits per heavy atom. The Balaban J connectivity index is 1.28. The number of nitrogens with two attached hydrogens (primary N) is 1. The van der Waals surface area contributed by atoms with Crippen molar-refractivity contribution in [1.82, 2.24) is 9.88 Å². The molecule has 3 N–H and O–H groups in total. The Morgan fingerprint density at radius 1 is 1.00 bits per heavy atom. The smallest absolute Gasteiger partial charge is 0.225 e. The Bertz CT molecular complexity index is 1370. The van der Waals surface area contributed by atoms with Crippen molar-refractivity contribution in [1.29, 1.82) is 0 Å². The van der Waals surface area contributed by atoms with Crippen LogP contribution in [-0.4, -0.2) is 34.8 Å². The number of benzene rings is 2. The molecule has 2 aliphatic rings. The largest absolute Gasteiger partial charge is 0.343 e. The first-order valence-corrected chi connectivity index (χ1v) is 14.3. The van der Waals surface area contributed by atoms with Gasteiger partial charge < -0.3 is 16.0 Å². The third-order valence-electron chi connectivity index (χ3n) is 8.31. The highest BCUT2D eigenvalue weighted by atomic mass is 19.1. The summed E-state index contributed by atoms with van der Waals surface area (Å²) >= 11 is 0. The van der Waals surface area contributed by atoms with Gasteiger partial charge in [-0.1, -0.05) is 42.5 Å². The van der Waals surface area contributed by atoms with Crippen LogP contribution in [0.25, 0.3) is 22.4 Å². The number of anilines is 1. The summed E-state index contributed by atoms with van der Waals surface area (Å²) in [6, 6.07) is 17.0. The average molecular weight is 543 g/mol. The van der Waals surface area contributed by atoms with Gasteiger partial charge in [-0.3, -0.25) is 14.6 Å². The van der Waals surface area contributed by atoms with Gasteiger partial charge in [-0.2, -0.15) is 0 Å². The molecule has 2 saturated carbocycles. The van der Waals surface area contributed by atoms with Gasteiger partial charge in [0.25, 0.3) is 0 Å². The van der Waals surface area contributed by atoms with Crippen LogP contribution in [0.4, 0.5) is 10.1 Å². The van der Waals surface area contributed by atoms with Crippen LogP contribution in [0.2, 0.25) is 0 Å². The highest BCUT2D eigenvalue weighted by Crippen LogP contribution is 2.36. The minimum atomic E-state index is -0.796. The summed E-state index contributed by atoms with van der Waals surface area (Å²) < 4.78 is 15.0. The van der Waals surface area contributed by atoms with Crippen molar-refractivity contribution in [3.8, 4) is 22.4 Å². The molecule has 2 fully saturated rings. The summed E-state index contributed by atoms with van der Waals surface area (Å²) in [5.74, 6) is 0.412. The lowest BCUT2D eigenvalue weighted by Gasteiger charge is -2.34. The zero-order valence-corrected chi connectivity index (χ0v) is 23.6. The molecule has 40 heavy (non-hydrogen) atoms. The van der Waals surface area contributed by atoms with Crippen molar-refractivity contribution >= 4 is 17.5 Å². The number of hydrogen-bond donors (Lipinski definition) is 2. The number of carbonyl (C=O) groups is 2. The molecule has 2 aliphatic carbocycles. The van der Waals surface area contributed by atoms with Crippen LogP contribution < -0.4 is 11.1 Å². The van der Waals surface area contributed by atoms with Gasteiger partial charge in [0.1, 0.15) is 5.82 Å². The summed E-state index contributed by atoms with van der Waals surface area (Å²) in [5, 5.41) is 3.04. The van der Waals surface area contributed by atoms with Crippen LogP contribution in [0, 0.1) is 17.7 Å². The van der Waals surface area contributed by atoms with Crippen LogP contribution in [0.15, 0.2) is 60.8 Å². The molecule has 0 unspecified atom stereocenters. The number of amides is 2. The molecule has 6 nitrogen and oxygen atoms in total. The van der Waals surface area contributed by atoms with Crippen molar-refractivity contribution in [2.45, 2.75) is 70.4 Å². The van der Waals surface area contributed by atoms with Gasteiger partial charge >= 0.3 is 0 Å². The van der Waals surface area contributed by atoms with E-state index in [-0.39, 0.29) is 29.6 Å². The summed E-state index contributed by atoms with van der Waals surface area (Å²) in [5.41, 5.74) is 9.39. The van der Waals surface area contributed by atoms with Crippen LogP contribution in [0.1, 0.15) is 64.4 Å². The van der Waals surface area contributed by atoms with Gasteiger partial charge in [0.15, 0.2) is 0 Å². The first kappa shape index (κ1) is 28.0. The molecule has 3 aromatic rings. The average Bonchev–Trinajstić information content (AvgIpc) is 3.78. The third kappa shape index (κ3) is 6.41. The van der Waals surface area contributed by atoms with Crippen molar-refractivity contribution in [3.63, 3.8) is 0 Å². The predicted molar refractivity (Wildman–Crippen MR) is 157 cm³/mol. The van der Waals surface area contributed by atoms with Crippen LogP contribution >= 0.6 is 0 Å². The Morgan fingerprint density at radius 2 is 1.70 bits per heavy atom. The number of rotatable bonds is 8. The molecule has 2 aromatic carbocycles. The SMILES string of the molecule is CN(C(=O)C1CC1)[C@H]1CC[C@H](CC(=O)Nc2cnc(-c3ccc(C(C)(C)N)c(F)c3)c(-c3ccccc3)c2)CC1. The number of aromatic nitrogens is 1. The lowest BCUT2D eigenvalue weighted by atomic mass is 9.83. The molecule has 1 heterocycles. The predicted octanol–water partition coefficient (Wildman–Crippen LogP) is 6.50. The molecule has 0 saturated heterocycles. The molecule has 7 heteroatoms. The second-order valence-electron chi connectivity index (χ2n) is 12.1. The molecule has 0 aliphatic heterocycles. The maximum atomic E-state index is 15.0. The highest BCUT2D eigenvalue weighted by Gasteiger charge is 2.36. The second kappa shape index (κ2) is 11.5. The van der Waals surface area contributed by atoms with E-state index in [4.69, 9.17) is 5.73 Å². The molecular weight excluding hydrogens is 503 g/mol. The summed E-state index contributed by atoms with van der Waals surface area (Å²) in [6.07, 6.45) is 7.88. The first-order chi connectivity index (χ1) is 19.1. The minimum absolute atomic E-state index is 0.0417. The topological polar surface area (TPSA) is 88.3 Å². The van der Waals surface area contributed by atoms with Gasteiger partial charge in [-0.25, -0.2) is 4.39 Å². The quantitative estimate of drug-likeness (QED) is 0.340. The van der Waals surface area contributed by atoms with Crippen LogP contribution in [-0.2, 0) is 15.1 Å². The molecule has 0 spiro atoms. The first-order valence-electron chi connectivity index (χ1n) is 14.3. The van der Waals surface area contributed by atoms with Gasteiger partial charge in [-0.15, -0.1) is 0 Å². The maximum absolute atomic E-state index is 15.0. The van der Waals surface area contributed by atoms with Crippen molar-refractivity contribution in [2.75, 3.05) is 12.4 Å². The van der Waals surface area contributed by atoms with Gasteiger partial charge in [0, 0.05) is 47.7 Å². The number of nitrogens with one attached hydrogen (secondary N) is 1. The third-order valence-corrected chi connectivity index (χ3v) is 8.31. The van der Waals surface area contributed by atoms with E-state index in [2.05, 4.69) is 10.3 Å². The van der Waals surface area contributed by atoms with E-state index < -0.39 is 5.54 Å². The normalized spacial score (nSPS) is 19.2. The van der Waals surface area contributed by atoms with E-state index in [1.807, 2.05) is 54.4 Å². The van der Waals surface area contributed by atoms with Gasteiger partial charge in [0.2, 0.25) is 11.8 Å². The molecule has 0 radical (unpaired) electrons. The minimum Gasteiger partial charge on any atom is -0.343 e. The Labute approximate surface area is 236 Å². The zero-order chi connectivity index (χ0) is 28.4. The fraction of sp³-hybridized carbons (Fsp3) is 0.424. The summed E-state index contributed by atoms with van der Waals surface area (Å²) in [6.45, 7) is 3.55. The zero-order valence-electron chi connectivity index (χ0n) is 23.6. The number of pyridine rings is 1. The highest BCUT2D eigenvalue weighted by molar-refractivity contribution is 5.93. The summed E-state index contributed by atoms with van der Waals surface area (Å²) in [7, 11) is 1.93. The van der Waals surface area contributed by atoms with Crippen LogP contribution in [0.3, 0.4) is 0 Å². The molecular formula is C33H39FN4O2. The fourth-order valence-electron chi connectivity index (χ4n) is 5.79. The number of halogens is 1. The van der Waals surface area contributed by atoms with E-state index in [1.165, 1.54) is 6.07 Å². The second-order valence-corrected chi connectivity index (χ2v) is 12.1. The van der Waals surface area contributed by atoms with Crippen LogP contribution in [0.5, 0.6) is 0 Å². The molecule has 1 aromatic heterocycles. The van der Waals surface area contributed by atoms with Crippen molar-refractivity contribution in [2.24, 2.45) is 17.6 Å². The van der Waals surface area contributed by atoms with E-state index in [9.17, 15) is 9.59 Å². The molecule has 5 rings (SSSR count). The van der Waals surface area contributed by atoms with Crippen molar-refractivity contribution in [3.05, 3.63) is 72.2 Å². The van der Waals surface area contributed by atoms with E-state index in [1.54, 1.807) is 26.1 Å². The van der Waals surface area contributed by atoms with E-state index in [0.717, 1.165) is 49.7 Å². The molecule has 0 bridgehead atoms. The monoisotopic (exact) mass is 542 g/mol. The van der Waals surface area contributed by atoms with Crippen molar-refractivity contribution < 1.29 is 14.0 Å². The molecule has 210 valence electrons. The fourth-order valence-corrected chi connectivity index (χ4v) is 5.79. The lowest BCUT2D eigenvalue weighted by molar-refractivity contribution is -0.134. The molecule has 2 amide bonds. The molecule has 0 atom stereocenters. The van der Waals surface area contributed by atoms with Gasteiger partial charge in [0.05, 0.1) is 17.6 Å². The van der Waals surface area contributed by atoms with E-state index in [0.29, 0.717) is 34.8 Å². The Kier molecular flexibility index (Phi) is 8.04. The van der Waals surface area contributed by atoms with Gasteiger partial charge in [-0.05, 0) is 76.0 Å². The number of hydrogen-bond acceptors (Lipinski definition) is 4. The lowest BCUT2D eigenvalue weighted by Crippen LogP contribution is -2.40.